The lowest BCUT2D eigenvalue weighted by molar-refractivity contribution is 0.112. The van der Waals surface area contributed by atoms with E-state index >= 15 is 0 Å². The molecule has 1 unspecified atom stereocenters. The molecule has 32 heavy (non-hydrogen) atoms. The van der Waals surface area contributed by atoms with Crippen molar-refractivity contribution in [3.8, 4) is 6.07 Å². The molecule has 0 bridgehead atoms. The summed E-state index contributed by atoms with van der Waals surface area (Å²) in [6.07, 6.45) is 0.0964. The molecule has 0 saturated heterocycles. The lowest BCUT2D eigenvalue weighted by atomic mass is 10.0. The van der Waals surface area contributed by atoms with Crippen LogP contribution in [0.25, 0.3) is 21.5 Å². The number of nitrogens with zero attached hydrogens (tertiary/aromatic N) is 1. The van der Waals surface area contributed by atoms with E-state index in [-0.39, 0.29) is 11.6 Å². The first kappa shape index (κ1) is 23.3. The fourth-order valence-corrected chi connectivity index (χ4v) is 4.27. The standard InChI is InChI=1S/C15H16FNOSi.C11H7FO/c1-19(2,3)18-15(10-17)13-6-4-5-11-7-8-12(16)9-14(11)13;12-10-5-4-8-2-1-3-9(7-13)11(8)6-10/h4-9,15H,1-3H3;1-7H. The molecule has 6 heteroatoms. The predicted molar refractivity (Wildman–Crippen MR) is 126 cm³/mol. The van der Waals surface area contributed by atoms with Crippen LogP contribution in [0.4, 0.5) is 8.78 Å². The third-order valence-corrected chi connectivity index (χ3v) is 5.70. The summed E-state index contributed by atoms with van der Waals surface area (Å²) >= 11 is 0. The minimum Gasteiger partial charge on any atom is -0.399 e. The molecule has 0 heterocycles. The maximum atomic E-state index is 13.4. The van der Waals surface area contributed by atoms with Gasteiger partial charge < -0.3 is 4.43 Å². The van der Waals surface area contributed by atoms with Crippen LogP contribution in [-0.2, 0) is 4.43 Å². The van der Waals surface area contributed by atoms with Crippen LogP contribution in [0.3, 0.4) is 0 Å². The zero-order valence-electron chi connectivity index (χ0n) is 18.1. The number of carbonyl (C=O) groups excluding carboxylic acids is 1. The molecule has 0 fully saturated rings. The monoisotopic (exact) mass is 447 g/mol. The van der Waals surface area contributed by atoms with Crippen LogP contribution in [-0.4, -0.2) is 14.6 Å². The Bertz CT molecular complexity index is 1310. The highest BCUT2D eigenvalue weighted by Gasteiger charge is 2.23. The van der Waals surface area contributed by atoms with Gasteiger partial charge in [0, 0.05) is 11.1 Å². The molecule has 0 N–H and O–H groups in total. The second kappa shape index (κ2) is 9.82. The average molecular weight is 448 g/mol. The fraction of sp³-hybridized carbons (Fsp3) is 0.154. The summed E-state index contributed by atoms with van der Waals surface area (Å²) in [5.74, 6) is -0.619. The summed E-state index contributed by atoms with van der Waals surface area (Å²) in [5, 5.41) is 12.5. The molecule has 0 saturated carbocycles. The van der Waals surface area contributed by atoms with E-state index in [9.17, 15) is 18.8 Å². The number of rotatable bonds is 4. The van der Waals surface area contributed by atoms with Crippen molar-refractivity contribution in [2.75, 3.05) is 0 Å². The van der Waals surface area contributed by atoms with Gasteiger partial charge in [0.15, 0.2) is 20.7 Å². The van der Waals surface area contributed by atoms with Gasteiger partial charge in [-0.2, -0.15) is 5.26 Å². The summed E-state index contributed by atoms with van der Waals surface area (Å²) in [4.78, 5) is 10.6. The van der Waals surface area contributed by atoms with Crippen molar-refractivity contribution in [2.24, 2.45) is 0 Å². The van der Waals surface area contributed by atoms with Gasteiger partial charge in [-0.15, -0.1) is 0 Å². The number of carbonyl (C=O) groups is 1. The molecule has 4 rings (SSSR count). The molecule has 0 aliphatic heterocycles. The maximum absolute atomic E-state index is 13.4. The Hall–Kier alpha value is -3.40. The van der Waals surface area contributed by atoms with E-state index in [4.69, 9.17) is 4.43 Å². The average Bonchev–Trinajstić information content (AvgIpc) is 2.76. The molecule has 0 radical (unpaired) electrons. The van der Waals surface area contributed by atoms with Crippen molar-refractivity contribution in [3.05, 3.63) is 95.6 Å². The second-order valence-electron chi connectivity index (χ2n) is 8.28. The van der Waals surface area contributed by atoms with Crippen LogP contribution in [0.15, 0.2) is 72.8 Å². The number of aldehydes is 1. The first-order valence-electron chi connectivity index (χ1n) is 10.1. The highest BCUT2D eigenvalue weighted by atomic mass is 28.4. The quantitative estimate of drug-likeness (QED) is 0.246. The first-order valence-corrected chi connectivity index (χ1v) is 13.5. The van der Waals surface area contributed by atoms with Gasteiger partial charge in [0.2, 0.25) is 0 Å². The van der Waals surface area contributed by atoms with E-state index in [1.807, 2.05) is 43.9 Å². The molecule has 0 spiro atoms. The zero-order chi connectivity index (χ0) is 23.3. The Labute approximate surface area is 187 Å². The lowest BCUT2D eigenvalue weighted by Gasteiger charge is -2.22. The Balaban J connectivity index is 0.000000193. The molecule has 4 aromatic rings. The number of hydrogen-bond donors (Lipinski definition) is 0. The van der Waals surface area contributed by atoms with Crippen LogP contribution in [0.2, 0.25) is 19.6 Å². The van der Waals surface area contributed by atoms with Crippen molar-refractivity contribution in [1.82, 2.24) is 0 Å². The third-order valence-electron chi connectivity index (χ3n) is 4.75. The van der Waals surface area contributed by atoms with E-state index in [0.717, 1.165) is 28.0 Å². The molecule has 0 aromatic heterocycles. The van der Waals surface area contributed by atoms with Crippen molar-refractivity contribution >= 4 is 36.1 Å². The zero-order valence-corrected chi connectivity index (χ0v) is 19.1. The van der Waals surface area contributed by atoms with Gasteiger partial charge in [0.05, 0.1) is 6.07 Å². The SMILES string of the molecule is C[Si](C)(C)OC(C#N)c1cccc2ccc(F)cc12.O=Cc1cccc2ccc(F)cc12. The molecule has 0 aliphatic rings. The largest absolute Gasteiger partial charge is 0.399 e. The molecule has 0 amide bonds. The molecule has 3 nitrogen and oxygen atoms in total. The maximum Gasteiger partial charge on any atom is 0.186 e. The summed E-state index contributed by atoms with van der Waals surface area (Å²) in [6.45, 7) is 6.09. The molecular formula is C26H23F2NO2Si. The lowest BCUT2D eigenvalue weighted by Crippen LogP contribution is -2.27. The van der Waals surface area contributed by atoms with Crippen molar-refractivity contribution in [2.45, 2.75) is 25.7 Å². The highest BCUT2D eigenvalue weighted by molar-refractivity contribution is 6.69. The van der Waals surface area contributed by atoms with E-state index in [1.165, 1.54) is 24.3 Å². The smallest absolute Gasteiger partial charge is 0.186 e. The molecule has 162 valence electrons. The van der Waals surface area contributed by atoms with Gasteiger partial charge in [0.25, 0.3) is 0 Å². The second-order valence-corrected chi connectivity index (χ2v) is 12.7. The van der Waals surface area contributed by atoms with Crippen molar-refractivity contribution in [3.63, 3.8) is 0 Å². The molecular weight excluding hydrogens is 424 g/mol. The van der Waals surface area contributed by atoms with E-state index in [0.29, 0.717) is 10.9 Å². The molecule has 4 aromatic carbocycles. The molecule has 1 atom stereocenters. The van der Waals surface area contributed by atoms with Gasteiger partial charge >= 0.3 is 0 Å². The number of fused-ring (bicyclic) bond motifs is 2. The number of benzene rings is 4. The van der Waals surface area contributed by atoms with Crippen LogP contribution in [0.5, 0.6) is 0 Å². The van der Waals surface area contributed by atoms with Gasteiger partial charge in [-0.3, -0.25) is 4.79 Å². The predicted octanol–water partition coefficient (Wildman–Crippen LogP) is 7.19. The van der Waals surface area contributed by atoms with E-state index in [2.05, 4.69) is 6.07 Å². The first-order chi connectivity index (χ1) is 15.2. The normalized spacial score (nSPS) is 12.0. The third kappa shape index (κ3) is 5.64. The summed E-state index contributed by atoms with van der Waals surface area (Å²) in [7, 11) is -1.84. The van der Waals surface area contributed by atoms with Crippen LogP contribution < -0.4 is 0 Å². The fourth-order valence-electron chi connectivity index (χ4n) is 3.38. The van der Waals surface area contributed by atoms with Gasteiger partial charge in [-0.05, 0) is 65.5 Å². The summed E-state index contributed by atoms with van der Waals surface area (Å²) in [5.41, 5.74) is 1.26. The minimum absolute atomic E-state index is 0.301. The highest BCUT2D eigenvalue weighted by Crippen LogP contribution is 2.29. The van der Waals surface area contributed by atoms with Gasteiger partial charge in [-0.25, -0.2) is 8.78 Å². The minimum atomic E-state index is -1.84. The Morgan fingerprint density at radius 3 is 2.00 bits per heavy atom. The Morgan fingerprint density at radius 1 is 0.875 bits per heavy atom. The Morgan fingerprint density at radius 2 is 1.44 bits per heavy atom. The summed E-state index contributed by atoms with van der Waals surface area (Å²) in [6, 6.07) is 22.1. The van der Waals surface area contributed by atoms with Crippen LogP contribution in [0, 0.1) is 23.0 Å². The Kier molecular flexibility index (Phi) is 7.14. The topological polar surface area (TPSA) is 50.1 Å². The number of halogens is 2. The van der Waals surface area contributed by atoms with Crippen LogP contribution in [0.1, 0.15) is 22.0 Å². The van der Waals surface area contributed by atoms with E-state index in [1.54, 1.807) is 24.3 Å². The van der Waals surface area contributed by atoms with Crippen LogP contribution >= 0.6 is 0 Å². The van der Waals surface area contributed by atoms with Gasteiger partial charge in [0.1, 0.15) is 11.6 Å². The van der Waals surface area contributed by atoms with Crippen molar-refractivity contribution in [1.29, 1.82) is 5.26 Å². The molecule has 0 aliphatic carbocycles. The van der Waals surface area contributed by atoms with E-state index < -0.39 is 14.4 Å². The number of nitriles is 1. The van der Waals surface area contributed by atoms with Gasteiger partial charge in [-0.1, -0.05) is 48.5 Å². The number of hydrogen-bond acceptors (Lipinski definition) is 3. The summed E-state index contributed by atoms with van der Waals surface area (Å²) < 4.78 is 32.1. The van der Waals surface area contributed by atoms with Crippen molar-refractivity contribution < 1.29 is 18.0 Å².